The lowest BCUT2D eigenvalue weighted by atomic mass is 10.2. The SMILES string of the molecule is Cc1ccc(-n2ccnc2CN(C)C)cc1.O. The lowest BCUT2D eigenvalue weighted by Crippen LogP contribution is -2.14. The number of benzene rings is 1. The van der Waals surface area contributed by atoms with Crippen molar-refractivity contribution < 1.29 is 5.48 Å². The van der Waals surface area contributed by atoms with Crippen LogP contribution in [0.3, 0.4) is 0 Å². The van der Waals surface area contributed by atoms with Gasteiger partial charge in [-0.2, -0.15) is 0 Å². The van der Waals surface area contributed by atoms with Crippen LogP contribution >= 0.6 is 0 Å². The van der Waals surface area contributed by atoms with Crippen LogP contribution in [0.25, 0.3) is 5.69 Å². The van der Waals surface area contributed by atoms with Gasteiger partial charge in [-0.25, -0.2) is 4.98 Å². The van der Waals surface area contributed by atoms with Crippen molar-refractivity contribution in [2.75, 3.05) is 14.1 Å². The van der Waals surface area contributed by atoms with E-state index in [0.29, 0.717) is 0 Å². The van der Waals surface area contributed by atoms with Crippen LogP contribution in [0.1, 0.15) is 11.4 Å². The first kappa shape index (κ1) is 13.4. The van der Waals surface area contributed by atoms with Crippen molar-refractivity contribution >= 4 is 0 Å². The van der Waals surface area contributed by atoms with Gasteiger partial charge in [0.15, 0.2) is 0 Å². The van der Waals surface area contributed by atoms with Crippen LogP contribution in [0.4, 0.5) is 0 Å². The van der Waals surface area contributed by atoms with Crippen molar-refractivity contribution in [1.82, 2.24) is 14.5 Å². The molecule has 2 rings (SSSR count). The first-order chi connectivity index (χ1) is 7.66. The third-order valence-corrected chi connectivity index (χ3v) is 2.49. The molecular weight excluding hydrogens is 214 g/mol. The molecule has 0 radical (unpaired) electrons. The Labute approximate surface area is 102 Å². The van der Waals surface area contributed by atoms with Gasteiger partial charge in [-0.1, -0.05) is 17.7 Å². The zero-order valence-corrected chi connectivity index (χ0v) is 10.5. The maximum Gasteiger partial charge on any atom is 0.127 e. The summed E-state index contributed by atoms with van der Waals surface area (Å²) in [5, 5.41) is 0. The van der Waals surface area contributed by atoms with E-state index in [1.54, 1.807) is 0 Å². The van der Waals surface area contributed by atoms with E-state index >= 15 is 0 Å². The van der Waals surface area contributed by atoms with Crippen molar-refractivity contribution in [3.05, 3.63) is 48.0 Å². The average molecular weight is 233 g/mol. The molecule has 4 heteroatoms. The van der Waals surface area contributed by atoms with Crippen molar-refractivity contribution in [1.29, 1.82) is 0 Å². The Bertz CT molecular complexity index is 460. The summed E-state index contributed by atoms with van der Waals surface area (Å²) in [6, 6.07) is 8.48. The minimum atomic E-state index is 0. The summed E-state index contributed by atoms with van der Waals surface area (Å²) in [5.74, 6) is 1.06. The van der Waals surface area contributed by atoms with E-state index in [0.717, 1.165) is 12.4 Å². The molecule has 0 unspecified atom stereocenters. The number of aromatic nitrogens is 2. The van der Waals surface area contributed by atoms with Crippen molar-refractivity contribution in [2.24, 2.45) is 0 Å². The van der Waals surface area contributed by atoms with Crippen LogP contribution in [0, 0.1) is 6.92 Å². The fourth-order valence-corrected chi connectivity index (χ4v) is 1.67. The Kier molecular flexibility index (Phi) is 4.43. The van der Waals surface area contributed by atoms with Gasteiger partial charge in [0.25, 0.3) is 0 Å². The van der Waals surface area contributed by atoms with E-state index in [1.807, 2.05) is 26.5 Å². The van der Waals surface area contributed by atoms with Crippen LogP contribution < -0.4 is 0 Å². The Hall–Kier alpha value is -1.65. The summed E-state index contributed by atoms with van der Waals surface area (Å²) >= 11 is 0. The predicted molar refractivity (Wildman–Crippen MR) is 69.3 cm³/mol. The summed E-state index contributed by atoms with van der Waals surface area (Å²) in [7, 11) is 4.10. The normalized spacial score (nSPS) is 10.4. The molecule has 0 bridgehead atoms. The zero-order valence-electron chi connectivity index (χ0n) is 10.5. The smallest absolute Gasteiger partial charge is 0.127 e. The van der Waals surface area contributed by atoms with Gasteiger partial charge in [0.1, 0.15) is 5.82 Å². The number of imidazole rings is 1. The monoisotopic (exact) mass is 233 g/mol. The molecule has 17 heavy (non-hydrogen) atoms. The third-order valence-electron chi connectivity index (χ3n) is 2.49. The summed E-state index contributed by atoms with van der Waals surface area (Å²) < 4.78 is 2.12. The molecule has 0 spiro atoms. The highest BCUT2D eigenvalue weighted by Gasteiger charge is 2.05. The second-order valence-electron chi connectivity index (χ2n) is 4.29. The van der Waals surface area contributed by atoms with E-state index in [2.05, 4.69) is 45.6 Å². The fourth-order valence-electron chi connectivity index (χ4n) is 1.67. The van der Waals surface area contributed by atoms with E-state index in [1.165, 1.54) is 11.3 Å². The molecule has 1 aromatic carbocycles. The van der Waals surface area contributed by atoms with Gasteiger partial charge in [0, 0.05) is 18.1 Å². The third kappa shape index (κ3) is 3.15. The molecule has 92 valence electrons. The Balaban J connectivity index is 0.00000144. The molecule has 0 aliphatic rings. The van der Waals surface area contributed by atoms with E-state index in [4.69, 9.17) is 0 Å². The number of aryl methyl sites for hydroxylation is 1. The second kappa shape index (κ2) is 5.61. The van der Waals surface area contributed by atoms with Crippen molar-refractivity contribution in [3.63, 3.8) is 0 Å². The van der Waals surface area contributed by atoms with Gasteiger partial charge in [-0.15, -0.1) is 0 Å². The molecule has 0 aliphatic heterocycles. The number of nitrogens with zero attached hydrogens (tertiary/aromatic N) is 3. The van der Waals surface area contributed by atoms with Gasteiger partial charge in [0.05, 0.1) is 6.54 Å². The Morgan fingerprint density at radius 3 is 2.41 bits per heavy atom. The van der Waals surface area contributed by atoms with Crippen LogP contribution in [-0.2, 0) is 6.54 Å². The molecule has 0 saturated heterocycles. The van der Waals surface area contributed by atoms with E-state index < -0.39 is 0 Å². The Morgan fingerprint density at radius 1 is 1.18 bits per heavy atom. The lowest BCUT2D eigenvalue weighted by Gasteiger charge is -2.12. The first-order valence-electron chi connectivity index (χ1n) is 5.41. The molecular formula is C13H19N3O. The van der Waals surface area contributed by atoms with Gasteiger partial charge >= 0.3 is 0 Å². The molecule has 0 saturated carbocycles. The highest BCUT2D eigenvalue weighted by molar-refractivity contribution is 5.35. The maximum absolute atomic E-state index is 4.38. The summed E-state index contributed by atoms with van der Waals surface area (Å²) in [5.41, 5.74) is 2.44. The van der Waals surface area contributed by atoms with E-state index in [9.17, 15) is 0 Å². The molecule has 0 amide bonds. The van der Waals surface area contributed by atoms with Crippen LogP contribution in [0.2, 0.25) is 0 Å². The molecule has 2 aromatic rings. The number of rotatable bonds is 3. The Morgan fingerprint density at radius 2 is 1.82 bits per heavy atom. The summed E-state index contributed by atoms with van der Waals surface area (Å²) in [6.07, 6.45) is 3.85. The van der Waals surface area contributed by atoms with Gasteiger partial charge in [0.2, 0.25) is 0 Å². The van der Waals surface area contributed by atoms with Gasteiger partial charge in [-0.05, 0) is 33.2 Å². The largest absolute Gasteiger partial charge is 0.412 e. The molecule has 1 aromatic heterocycles. The molecule has 0 atom stereocenters. The molecule has 1 heterocycles. The summed E-state index contributed by atoms with van der Waals surface area (Å²) in [4.78, 5) is 6.49. The van der Waals surface area contributed by atoms with Gasteiger partial charge in [-0.3, -0.25) is 0 Å². The topological polar surface area (TPSA) is 52.6 Å². The average Bonchev–Trinajstić information content (AvgIpc) is 2.66. The van der Waals surface area contributed by atoms with Crippen LogP contribution in [0.5, 0.6) is 0 Å². The van der Waals surface area contributed by atoms with Crippen molar-refractivity contribution in [2.45, 2.75) is 13.5 Å². The molecule has 0 fully saturated rings. The van der Waals surface area contributed by atoms with E-state index in [-0.39, 0.29) is 5.48 Å². The second-order valence-corrected chi connectivity index (χ2v) is 4.29. The number of hydrogen-bond acceptors (Lipinski definition) is 2. The lowest BCUT2D eigenvalue weighted by molar-refractivity contribution is 0.388. The number of hydrogen-bond donors (Lipinski definition) is 0. The molecule has 0 aliphatic carbocycles. The highest BCUT2D eigenvalue weighted by Crippen LogP contribution is 2.12. The maximum atomic E-state index is 4.38. The minimum Gasteiger partial charge on any atom is -0.412 e. The standard InChI is InChI=1S/C13H17N3.H2O/c1-11-4-6-12(7-5-11)16-9-8-14-13(16)10-15(2)3;/h4-9H,10H2,1-3H3;1H2. The zero-order chi connectivity index (χ0) is 11.5. The van der Waals surface area contributed by atoms with Crippen molar-refractivity contribution in [3.8, 4) is 5.69 Å². The fraction of sp³-hybridized carbons (Fsp3) is 0.308. The van der Waals surface area contributed by atoms with Gasteiger partial charge < -0.3 is 14.9 Å². The van der Waals surface area contributed by atoms with Crippen LogP contribution in [-0.4, -0.2) is 34.0 Å². The van der Waals surface area contributed by atoms with Crippen LogP contribution in [0.15, 0.2) is 36.7 Å². The summed E-state index contributed by atoms with van der Waals surface area (Å²) in [6.45, 7) is 2.94. The highest BCUT2D eigenvalue weighted by atomic mass is 16.0. The quantitative estimate of drug-likeness (QED) is 0.805. The predicted octanol–water partition coefficient (Wildman–Crippen LogP) is 1.42. The first-order valence-corrected chi connectivity index (χ1v) is 5.41. The molecule has 4 nitrogen and oxygen atoms in total. The molecule has 2 N–H and O–H groups in total. The minimum absolute atomic E-state index is 0.